The molecule has 0 amide bonds. The average molecular weight is 126 g/mol. The molecule has 0 heterocycles. The molecule has 1 nitrogen and oxygen atoms in total. The van der Waals surface area contributed by atoms with Crippen LogP contribution in [0.15, 0.2) is 12.7 Å². The molecular weight excluding hydrogens is 112 g/mol. The maximum absolute atomic E-state index is 9.10. The molecule has 2 unspecified atom stereocenters. The zero-order valence-corrected chi connectivity index (χ0v) is 5.71. The number of aliphatic hydroxyl groups is 1. The summed E-state index contributed by atoms with van der Waals surface area (Å²) in [7, 11) is 0. The van der Waals surface area contributed by atoms with Crippen LogP contribution in [0.2, 0.25) is 0 Å². The second kappa shape index (κ2) is 3.02. The van der Waals surface area contributed by atoms with Gasteiger partial charge in [-0.3, -0.25) is 0 Å². The molecule has 9 heavy (non-hydrogen) atoms. The highest BCUT2D eigenvalue weighted by molar-refractivity contribution is 4.82. The summed E-state index contributed by atoms with van der Waals surface area (Å²) in [6.45, 7) is 3.63. The molecule has 1 fully saturated rings. The highest BCUT2D eigenvalue weighted by Gasteiger charge is 2.27. The fourth-order valence-electron chi connectivity index (χ4n) is 1.22. The molecule has 1 rings (SSSR count). The summed E-state index contributed by atoms with van der Waals surface area (Å²) in [5.74, 6) is 0.586. The van der Waals surface area contributed by atoms with Crippen LogP contribution >= 0.6 is 0 Å². The summed E-state index contributed by atoms with van der Waals surface area (Å²) in [4.78, 5) is 0. The summed E-state index contributed by atoms with van der Waals surface area (Å²) in [6.07, 6.45) is 6.35. The Balaban J connectivity index is 2.06. The Kier molecular flexibility index (Phi) is 2.29. The minimum Gasteiger partial charge on any atom is -0.393 e. The first-order chi connectivity index (χ1) is 4.34. The summed E-state index contributed by atoms with van der Waals surface area (Å²) in [5, 5.41) is 9.10. The SMILES string of the molecule is C=CCCC1CCC1O. The zero-order chi connectivity index (χ0) is 6.69. The Labute approximate surface area is 56.4 Å². The van der Waals surface area contributed by atoms with Crippen LogP contribution in [0.25, 0.3) is 0 Å². The quantitative estimate of drug-likeness (QED) is 0.571. The van der Waals surface area contributed by atoms with Gasteiger partial charge in [0.15, 0.2) is 0 Å². The fourth-order valence-corrected chi connectivity index (χ4v) is 1.22. The van der Waals surface area contributed by atoms with Crippen molar-refractivity contribution < 1.29 is 5.11 Å². The molecule has 0 saturated heterocycles. The lowest BCUT2D eigenvalue weighted by Crippen LogP contribution is -2.30. The molecule has 0 aromatic rings. The maximum atomic E-state index is 9.10. The Bertz CT molecular complexity index is 98.7. The Morgan fingerprint density at radius 1 is 1.56 bits per heavy atom. The van der Waals surface area contributed by atoms with Gasteiger partial charge in [0.2, 0.25) is 0 Å². The predicted molar refractivity (Wildman–Crippen MR) is 38.2 cm³/mol. The third-order valence-corrected chi connectivity index (χ3v) is 2.12. The smallest absolute Gasteiger partial charge is 0.0568 e. The van der Waals surface area contributed by atoms with Gasteiger partial charge in [-0.05, 0) is 31.6 Å². The van der Waals surface area contributed by atoms with Crippen LogP contribution in [0.3, 0.4) is 0 Å². The van der Waals surface area contributed by atoms with Crippen LogP contribution in [0.1, 0.15) is 25.7 Å². The Morgan fingerprint density at radius 2 is 2.33 bits per heavy atom. The molecular formula is C8H14O. The van der Waals surface area contributed by atoms with Crippen LogP contribution < -0.4 is 0 Å². The molecule has 0 radical (unpaired) electrons. The number of aliphatic hydroxyl groups excluding tert-OH is 1. The number of rotatable bonds is 3. The van der Waals surface area contributed by atoms with Gasteiger partial charge in [-0.15, -0.1) is 6.58 Å². The molecule has 1 N–H and O–H groups in total. The summed E-state index contributed by atoms with van der Waals surface area (Å²) < 4.78 is 0. The van der Waals surface area contributed by atoms with Crippen molar-refractivity contribution in [2.45, 2.75) is 31.8 Å². The zero-order valence-electron chi connectivity index (χ0n) is 5.71. The first kappa shape index (κ1) is 6.81. The maximum Gasteiger partial charge on any atom is 0.0568 e. The molecule has 0 aromatic heterocycles. The van der Waals surface area contributed by atoms with Gasteiger partial charge in [0.05, 0.1) is 6.10 Å². The number of hydrogen-bond acceptors (Lipinski definition) is 1. The highest BCUT2D eigenvalue weighted by atomic mass is 16.3. The van der Waals surface area contributed by atoms with E-state index in [1.54, 1.807) is 0 Å². The topological polar surface area (TPSA) is 20.2 Å². The second-order valence-electron chi connectivity index (χ2n) is 2.77. The van der Waals surface area contributed by atoms with E-state index < -0.39 is 0 Å². The van der Waals surface area contributed by atoms with Crippen LogP contribution in [-0.2, 0) is 0 Å². The van der Waals surface area contributed by atoms with Gasteiger partial charge in [-0.2, -0.15) is 0 Å². The highest BCUT2D eigenvalue weighted by Crippen LogP contribution is 2.30. The van der Waals surface area contributed by atoms with Gasteiger partial charge in [-0.25, -0.2) is 0 Å². The van der Waals surface area contributed by atoms with Crippen molar-refractivity contribution in [2.24, 2.45) is 5.92 Å². The van der Waals surface area contributed by atoms with E-state index >= 15 is 0 Å². The van der Waals surface area contributed by atoms with Crippen molar-refractivity contribution >= 4 is 0 Å². The van der Waals surface area contributed by atoms with Crippen LogP contribution in [-0.4, -0.2) is 11.2 Å². The predicted octanol–water partition coefficient (Wildman–Crippen LogP) is 1.72. The average Bonchev–Trinajstić information content (AvgIpc) is 1.86. The van der Waals surface area contributed by atoms with Crippen molar-refractivity contribution in [3.05, 3.63) is 12.7 Å². The van der Waals surface area contributed by atoms with E-state index in [0.717, 1.165) is 19.3 Å². The van der Waals surface area contributed by atoms with E-state index in [4.69, 9.17) is 5.11 Å². The second-order valence-corrected chi connectivity index (χ2v) is 2.77. The van der Waals surface area contributed by atoms with Gasteiger partial charge in [-0.1, -0.05) is 6.08 Å². The summed E-state index contributed by atoms with van der Waals surface area (Å²) >= 11 is 0. The van der Waals surface area contributed by atoms with E-state index in [-0.39, 0.29) is 6.10 Å². The lowest BCUT2D eigenvalue weighted by atomic mass is 9.79. The normalized spacial score (nSPS) is 33.4. The number of allylic oxidation sites excluding steroid dienone is 1. The van der Waals surface area contributed by atoms with Crippen LogP contribution in [0, 0.1) is 5.92 Å². The van der Waals surface area contributed by atoms with E-state index in [2.05, 4.69) is 6.58 Å². The van der Waals surface area contributed by atoms with E-state index in [1.807, 2.05) is 6.08 Å². The van der Waals surface area contributed by atoms with Gasteiger partial charge >= 0.3 is 0 Å². The molecule has 1 saturated carbocycles. The van der Waals surface area contributed by atoms with E-state index in [1.165, 1.54) is 6.42 Å². The lowest BCUT2D eigenvalue weighted by molar-refractivity contribution is 0.0201. The standard InChI is InChI=1S/C8H14O/c1-2-3-4-7-5-6-8(7)9/h2,7-9H,1,3-6H2. The molecule has 1 heteroatoms. The first-order valence-corrected chi connectivity index (χ1v) is 3.63. The third kappa shape index (κ3) is 1.55. The molecule has 1 aliphatic rings. The lowest BCUT2D eigenvalue weighted by Gasteiger charge is -2.31. The largest absolute Gasteiger partial charge is 0.393 e. The van der Waals surface area contributed by atoms with Crippen molar-refractivity contribution in [3.63, 3.8) is 0 Å². The third-order valence-electron chi connectivity index (χ3n) is 2.12. The van der Waals surface area contributed by atoms with E-state index in [9.17, 15) is 0 Å². The first-order valence-electron chi connectivity index (χ1n) is 3.63. The van der Waals surface area contributed by atoms with Crippen molar-refractivity contribution in [3.8, 4) is 0 Å². The molecule has 0 aliphatic heterocycles. The van der Waals surface area contributed by atoms with E-state index in [0.29, 0.717) is 5.92 Å². The summed E-state index contributed by atoms with van der Waals surface area (Å²) in [5.41, 5.74) is 0. The summed E-state index contributed by atoms with van der Waals surface area (Å²) in [6, 6.07) is 0. The monoisotopic (exact) mass is 126 g/mol. The van der Waals surface area contributed by atoms with Gasteiger partial charge in [0.25, 0.3) is 0 Å². The Morgan fingerprint density at radius 3 is 2.67 bits per heavy atom. The fraction of sp³-hybridized carbons (Fsp3) is 0.750. The van der Waals surface area contributed by atoms with Gasteiger partial charge in [0, 0.05) is 0 Å². The van der Waals surface area contributed by atoms with Crippen LogP contribution in [0.4, 0.5) is 0 Å². The molecule has 0 bridgehead atoms. The van der Waals surface area contributed by atoms with Gasteiger partial charge < -0.3 is 5.11 Å². The molecule has 1 aliphatic carbocycles. The van der Waals surface area contributed by atoms with Crippen molar-refractivity contribution in [1.29, 1.82) is 0 Å². The minimum atomic E-state index is 0.00458. The Hall–Kier alpha value is -0.300. The molecule has 52 valence electrons. The van der Waals surface area contributed by atoms with Crippen molar-refractivity contribution in [2.75, 3.05) is 0 Å². The number of hydrogen-bond donors (Lipinski definition) is 1. The van der Waals surface area contributed by atoms with Crippen LogP contribution in [0.5, 0.6) is 0 Å². The van der Waals surface area contributed by atoms with Crippen molar-refractivity contribution in [1.82, 2.24) is 0 Å². The minimum absolute atomic E-state index is 0.00458. The molecule has 2 atom stereocenters. The molecule has 0 spiro atoms. The molecule has 0 aromatic carbocycles. The van der Waals surface area contributed by atoms with Gasteiger partial charge in [0.1, 0.15) is 0 Å².